The predicted molar refractivity (Wildman–Crippen MR) is 163 cm³/mol. The summed E-state index contributed by atoms with van der Waals surface area (Å²) in [5.74, 6) is -0.644. The number of alkyl halides is 6. The Hall–Kier alpha value is -4.10. The number of ether oxygens (including phenoxy) is 1. The number of hydrogen-bond donors (Lipinski definition) is 1. The predicted octanol–water partition coefficient (Wildman–Crippen LogP) is 6.01. The first kappa shape index (κ1) is 34.2. The first-order valence-corrected chi connectivity index (χ1v) is 15.3. The lowest BCUT2D eigenvalue weighted by Crippen LogP contribution is -2.54. The van der Waals surface area contributed by atoms with Gasteiger partial charge in [-0.2, -0.15) is 26.3 Å². The number of hydrogen-bond acceptors (Lipinski definition) is 5. The number of nitrogens with one attached hydrogen (secondary N) is 1. The summed E-state index contributed by atoms with van der Waals surface area (Å²) >= 11 is 0. The van der Waals surface area contributed by atoms with Crippen LogP contribution in [0.3, 0.4) is 0 Å². The topological polar surface area (TPSA) is 65.1 Å². The summed E-state index contributed by atoms with van der Waals surface area (Å²) in [5, 5.41) is 3.36. The fourth-order valence-electron chi connectivity index (χ4n) is 6.11. The molecule has 0 aliphatic carbocycles. The van der Waals surface area contributed by atoms with Crippen molar-refractivity contribution in [2.45, 2.75) is 43.8 Å². The summed E-state index contributed by atoms with van der Waals surface area (Å²) in [4.78, 5) is 32.2. The average Bonchev–Trinajstić information content (AvgIpc) is 3.06. The third-order valence-electron chi connectivity index (χ3n) is 8.70. The second-order valence-electron chi connectivity index (χ2n) is 11.8. The molecule has 1 atom stereocenters. The Kier molecular flexibility index (Phi) is 10.5. The number of halogens is 6. The van der Waals surface area contributed by atoms with Crippen molar-refractivity contribution in [1.29, 1.82) is 0 Å². The van der Waals surface area contributed by atoms with Gasteiger partial charge >= 0.3 is 12.4 Å². The Morgan fingerprint density at radius 2 is 1.45 bits per heavy atom. The quantitative estimate of drug-likeness (QED) is 0.300. The van der Waals surface area contributed by atoms with Crippen molar-refractivity contribution in [1.82, 2.24) is 20.0 Å². The molecule has 252 valence electrons. The molecule has 2 aliphatic heterocycles. The Morgan fingerprint density at radius 1 is 0.830 bits per heavy atom. The van der Waals surface area contributed by atoms with Crippen molar-refractivity contribution in [3.63, 3.8) is 0 Å². The summed E-state index contributed by atoms with van der Waals surface area (Å²) in [6, 6.07) is 17.3. The highest BCUT2D eigenvalue weighted by Crippen LogP contribution is 2.37. The maximum absolute atomic E-state index is 13.6. The number of nitrogens with zero attached hydrogens (tertiary/aromatic N) is 3. The Labute approximate surface area is 269 Å². The van der Waals surface area contributed by atoms with Gasteiger partial charge in [0.15, 0.2) is 0 Å². The molecule has 47 heavy (non-hydrogen) atoms. The first-order valence-electron chi connectivity index (χ1n) is 15.3. The van der Waals surface area contributed by atoms with E-state index in [1.165, 1.54) is 17.6 Å². The van der Waals surface area contributed by atoms with Crippen molar-refractivity contribution < 1.29 is 40.7 Å². The van der Waals surface area contributed by atoms with E-state index >= 15 is 0 Å². The van der Waals surface area contributed by atoms with Gasteiger partial charge in [-0.25, -0.2) is 0 Å². The van der Waals surface area contributed by atoms with Crippen LogP contribution < -0.4 is 10.1 Å². The largest absolute Gasteiger partial charge is 0.497 e. The molecular weight excluding hydrogens is 626 g/mol. The summed E-state index contributed by atoms with van der Waals surface area (Å²) in [6.07, 6.45) is -8.44. The highest BCUT2D eigenvalue weighted by atomic mass is 19.4. The molecule has 1 N–H and O–H groups in total. The fraction of sp³-hybridized carbons (Fsp3) is 0.412. The zero-order valence-electron chi connectivity index (χ0n) is 25.8. The molecular formula is C34H36F6N4O3. The van der Waals surface area contributed by atoms with Gasteiger partial charge in [0.1, 0.15) is 5.75 Å². The van der Waals surface area contributed by atoms with Gasteiger partial charge in [-0.05, 0) is 67.4 Å². The number of carbonyl (C=O) groups excluding carboxylic acids is 2. The zero-order chi connectivity index (χ0) is 33.8. The van der Waals surface area contributed by atoms with Gasteiger partial charge in [-0.1, -0.05) is 42.5 Å². The average molecular weight is 663 g/mol. The van der Waals surface area contributed by atoms with E-state index in [0.29, 0.717) is 23.4 Å². The van der Waals surface area contributed by atoms with Gasteiger partial charge in [0, 0.05) is 37.8 Å². The van der Waals surface area contributed by atoms with Crippen LogP contribution in [-0.2, 0) is 23.7 Å². The van der Waals surface area contributed by atoms with Crippen LogP contribution in [0, 0.1) is 0 Å². The molecule has 0 bridgehead atoms. The second kappa shape index (κ2) is 14.3. The third kappa shape index (κ3) is 8.63. The minimum Gasteiger partial charge on any atom is -0.497 e. The van der Waals surface area contributed by atoms with Crippen LogP contribution in [0.2, 0.25) is 0 Å². The van der Waals surface area contributed by atoms with Gasteiger partial charge in [-0.3, -0.25) is 14.5 Å². The van der Waals surface area contributed by atoms with Crippen molar-refractivity contribution in [3.8, 4) is 5.75 Å². The van der Waals surface area contributed by atoms with Gasteiger partial charge in [0.2, 0.25) is 5.91 Å². The molecule has 5 rings (SSSR count). The van der Waals surface area contributed by atoms with Crippen LogP contribution in [-0.4, -0.2) is 78.9 Å². The lowest BCUT2D eigenvalue weighted by molar-refractivity contribution is -0.143. The summed E-state index contributed by atoms with van der Waals surface area (Å²) < 4.78 is 86.2. The van der Waals surface area contributed by atoms with E-state index < -0.39 is 41.0 Å². The SMILES string of the molecule is COc1ccc(C2CN(C(=O)c3cc(C(F)(F)F)cc(C(F)(F)F)c3)CCN2C(=O)CNC2CCN(Cc3ccccc3)CC2)cc1. The highest BCUT2D eigenvalue weighted by molar-refractivity contribution is 5.95. The monoisotopic (exact) mass is 662 g/mol. The fourth-order valence-corrected chi connectivity index (χ4v) is 6.11. The maximum Gasteiger partial charge on any atom is 0.416 e. The van der Waals surface area contributed by atoms with E-state index in [2.05, 4.69) is 22.3 Å². The van der Waals surface area contributed by atoms with E-state index in [0.717, 1.165) is 32.5 Å². The van der Waals surface area contributed by atoms with Crippen LogP contribution in [0.5, 0.6) is 5.75 Å². The molecule has 13 heteroatoms. The van der Waals surface area contributed by atoms with Gasteiger partial charge in [0.05, 0.1) is 30.8 Å². The highest BCUT2D eigenvalue weighted by Gasteiger charge is 2.39. The van der Waals surface area contributed by atoms with E-state index in [1.54, 1.807) is 29.2 Å². The number of methoxy groups -OCH3 is 1. The van der Waals surface area contributed by atoms with Gasteiger partial charge < -0.3 is 19.9 Å². The van der Waals surface area contributed by atoms with E-state index in [1.807, 2.05) is 18.2 Å². The molecule has 2 amide bonds. The lowest BCUT2D eigenvalue weighted by atomic mass is 9.99. The third-order valence-corrected chi connectivity index (χ3v) is 8.70. The summed E-state index contributed by atoms with van der Waals surface area (Å²) in [6.45, 7) is 2.52. The van der Waals surface area contributed by atoms with Crippen LogP contribution in [0.25, 0.3) is 0 Å². The number of likely N-dealkylation sites (tertiary alicyclic amines) is 1. The smallest absolute Gasteiger partial charge is 0.416 e. The van der Waals surface area contributed by atoms with E-state index in [9.17, 15) is 35.9 Å². The normalized spacial score (nSPS) is 18.3. The zero-order valence-corrected chi connectivity index (χ0v) is 25.8. The summed E-state index contributed by atoms with van der Waals surface area (Å²) in [7, 11) is 1.49. The Morgan fingerprint density at radius 3 is 2.02 bits per heavy atom. The molecule has 2 saturated heterocycles. The van der Waals surface area contributed by atoms with E-state index in [-0.39, 0.29) is 44.2 Å². The van der Waals surface area contributed by atoms with Gasteiger partial charge in [-0.15, -0.1) is 0 Å². The molecule has 7 nitrogen and oxygen atoms in total. The number of piperidine rings is 1. The van der Waals surface area contributed by atoms with Crippen molar-refractivity contribution >= 4 is 11.8 Å². The van der Waals surface area contributed by atoms with Crippen LogP contribution in [0.4, 0.5) is 26.3 Å². The number of amides is 2. The number of rotatable bonds is 8. The van der Waals surface area contributed by atoms with Crippen LogP contribution in [0.1, 0.15) is 51.5 Å². The minimum absolute atomic E-state index is 0.00628. The molecule has 1 unspecified atom stereocenters. The van der Waals surface area contributed by atoms with Crippen LogP contribution in [0.15, 0.2) is 72.8 Å². The molecule has 2 fully saturated rings. The van der Waals surface area contributed by atoms with Crippen LogP contribution >= 0.6 is 0 Å². The first-order chi connectivity index (χ1) is 22.3. The maximum atomic E-state index is 13.6. The van der Waals surface area contributed by atoms with Crippen molar-refractivity contribution in [3.05, 3.63) is 101 Å². The van der Waals surface area contributed by atoms with Crippen molar-refractivity contribution in [2.75, 3.05) is 46.4 Å². The number of benzene rings is 3. The van der Waals surface area contributed by atoms with E-state index in [4.69, 9.17) is 4.74 Å². The Balaban J connectivity index is 1.28. The molecule has 3 aromatic rings. The molecule has 2 aliphatic rings. The second-order valence-corrected chi connectivity index (χ2v) is 11.8. The molecule has 3 aromatic carbocycles. The Bertz CT molecular complexity index is 1490. The number of piperazine rings is 1. The van der Waals surface area contributed by atoms with Crippen molar-refractivity contribution in [2.24, 2.45) is 0 Å². The molecule has 0 aromatic heterocycles. The number of carbonyl (C=O) groups is 2. The molecule has 0 saturated carbocycles. The lowest BCUT2D eigenvalue weighted by Gasteiger charge is -2.42. The summed E-state index contributed by atoms with van der Waals surface area (Å²) in [5.41, 5.74) is -1.96. The molecule has 0 spiro atoms. The van der Waals surface area contributed by atoms with Gasteiger partial charge in [0.25, 0.3) is 5.91 Å². The molecule has 0 radical (unpaired) electrons. The standard InChI is InChI=1S/C34H36F6N4O3/c1-47-29-9-7-24(8-10-29)30-22-43(32(46)25-17-26(33(35,36)37)19-27(18-25)34(38,39)40)15-16-44(30)31(45)20-41-28-11-13-42(14-12-28)21-23-5-3-2-4-6-23/h2-10,17-19,28,30,41H,11-16,20-22H2,1H3. The minimum atomic E-state index is -5.08. The molecule has 2 heterocycles.